The van der Waals surface area contributed by atoms with Gasteiger partial charge in [0.1, 0.15) is 13.2 Å². The molecule has 1 saturated heterocycles. The Labute approximate surface area is 159 Å². The molecule has 1 atom stereocenters. The Balaban J connectivity index is 1.45. The standard InChI is InChI=1S/C20H23NO5S/c22-14-16-3-1-15(2-4-16)11-17-7-8-21(13-17)27(23,24)18-5-6-19-20(12-18)26-10-9-25-19/h1-6,12,17,22H,7-11,13-14H2/t17-/m1/s1. The molecule has 0 amide bonds. The Morgan fingerprint density at radius 3 is 2.44 bits per heavy atom. The lowest BCUT2D eigenvalue weighted by Gasteiger charge is -2.21. The van der Waals surface area contributed by atoms with Gasteiger partial charge in [0.2, 0.25) is 10.0 Å². The fourth-order valence-electron chi connectivity index (χ4n) is 3.63. The molecule has 0 unspecified atom stereocenters. The van der Waals surface area contributed by atoms with E-state index in [0.29, 0.717) is 37.8 Å². The van der Waals surface area contributed by atoms with Gasteiger partial charge in [-0.2, -0.15) is 4.31 Å². The Kier molecular flexibility index (Phi) is 5.08. The van der Waals surface area contributed by atoms with Gasteiger partial charge in [0, 0.05) is 19.2 Å². The van der Waals surface area contributed by atoms with Crippen LogP contribution in [0.3, 0.4) is 0 Å². The molecule has 0 spiro atoms. The molecule has 0 saturated carbocycles. The van der Waals surface area contributed by atoms with Gasteiger partial charge in [-0.25, -0.2) is 8.42 Å². The third kappa shape index (κ3) is 3.81. The molecule has 27 heavy (non-hydrogen) atoms. The number of hydrogen-bond acceptors (Lipinski definition) is 5. The lowest BCUT2D eigenvalue weighted by molar-refractivity contribution is 0.171. The van der Waals surface area contributed by atoms with E-state index in [0.717, 1.165) is 24.0 Å². The number of aliphatic hydroxyl groups is 1. The van der Waals surface area contributed by atoms with Crippen molar-refractivity contribution in [1.29, 1.82) is 0 Å². The molecule has 0 bridgehead atoms. The van der Waals surface area contributed by atoms with Crippen LogP contribution < -0.4 is 9.47 Å². The van der Waals surface area contributed by atoms with Crippen molar-refractivity contribution in [2.45, 2.75) is 24.3 Å². The van der Waals surface area contributed by atoms with Crippen molar-refractivity contribution < 1.29 is 23.0 Å². The van der Waals surface area contributed by atoms with E-state index in [-0.39, 0.29) is 17.4 Å². The molecule has 0 radical (unpaired) electrons. The lowest BCUT2D eigenvalue weighted by Crippen LogP contribution is -2.29. The second kappa shape index (κ2) is 7.50. The third-order valence-corrected chi connectivity index (χ3v) is 6.99. The molecule has 0 aromatic heterocycles. The van der Waals surface area contributed by atoms with E-state index >= 15 is 0 Å². The summed E-state index contributed by atoms with van der Waals surface area (Å²) in [6.07, 6.45) is 1.67. The van der Waals surface area contributed by atoms with Crippen LogP contribution in [0.4, 0.5) is 0 Å². The van der Waals surface area contributed by atoms with E-state index in [1.165, 1.54) is 0 Å². The Hall–Kier alpha value is -2.09. The number of nitrogens with zero attached hydrogens (tertiary/aromatic N) is 1. The monoisotopic (exact) mass is 389 g/mol. The average molecular weight is 389 g/mol. The van der Waals surface area contributed by atoms with Gasteiger partial charge >= 0.3 is 0 Å². The van der Waals surface area contributed by atoms with E-state index < -0.39 is 10.0 Å². The van der Waals surface area contributed by atoms with Crippen molar-refractivity contribution in [3.05, 3.63) is 53.6 Å². The van der Waals surface area contributed by atoms with Gasteiger partial charge < -0.3 is 14.6 Å². The molecular formula is C20H23NO5S. The minimum absolute atomic E-state index is 0.0330. The highest BCUT2D eigenvalue weighted by atomic mass is 32.2. The molecule has 4 rings (SSSR count). The van der Waals surface area contributed by atoms with Crippen molar-refractivity contribution >= 4 is 10.0 Å². The fraction of sp³-hybridized carbons (Fsp3) is 0.400. The molecule has 2 aromatic rings. The van der Waals surface area contributed by atoms with Crippen molar-refractivity contribution in [3.8, 4) is 11.5 Å². The van der Waals surface area contributed by atoms with E-state index in [9.17, 15) is 8.42 Å². The minimum Gasteiger partial charge on any atom is -0.486 e. The quantitative estimate of drug-likeness (QED) is 0.849. The molecule has 0 aliphatic carbocycles. The van der Waals surface area contributed by atoms with Gasteiger partial charge in [-0.1, -0.05) is 24.3 Å². The largest absolute Gasteiger partial charge is 0.486 e. The maximum absolute atomic E-state index is 13.0. The zero-order valence-corrected chi connectivity index (χ0v) is 15.8. The van der Waals surface area contributed by atoms with E-state index in [2.05, 4.69) is 0 Å². The first-order valence-corrected chi connectivity index (χ1v) is 10.6. The molecule has 7 heteroatoms. The molecule has 2 aromatic carbocycles. The van der Waals surface area contributed by atoms with Gasteiger partial charge in [0.05, 0.1) is 11.5 Å². The second-order valence-electron chi connectivity index (χ2n) is 7.00. The van der Waals surface area contributed by atoms with Crippen LogP contribution in [0.1, 0.15) is 17.5 Å². The van der Waals surface area contributed by atoms with E-state index in [4.69, 9.17) is 14.6 Å². The molecule has 2 heterocycles. The Bertz CT molecular complexity index is 910. The number of fused-ring (bicyclic) bond motifs is 1. The maximum Gasteiger partial charge on any atom is 0.243 e. The van der Waals surface area contributed by atoms with Gasteiger partial charge in [-0.15, -0.1) is 0 Å². The maximum atomic E-state index is 13.0. The van der Waals surface area contributed by atoms with E-state index in [1.807, 2.05) is 24.3 Å². The van der Waals surface area contributed by atoms with Crippen LogP contribution >= 0.6 is 0 Å². The van der Waals surface area contributed by atoms with Crippen LogP contribution in [-0.4, -0.2) is 44.1 Å². The Morgan fingerprint density at radius 2 is 1.70 bits per heavy atom. The highest BCUT2D eigenvalue weighted by Gasteiger charge is 2.33. The van der Waals surface area contributed by atoms with Gasteiger partial charge in [0.25, 0.3) is 0 Å². The summed E-state index contributed by atoms with van der Waals surface area (Å²) in [7, 11) is -3.54. The number of hydrogen-bond donors (Lipinski definition) is 1. The molecular weight excluding hydrogens is 366 g/mol. The molecule has 144 valence electrons. The SMILES string of the molecule is O=S(=O)(c1ccc2c(c1)OCCO2)N1CC[C@H](Cc2ccc(CO)cc2)C1. The highest BCUT2D eigenvalue weighted by Crippen LogP contribution is 2.34. The third-order valence-electron chi connectivity index (χ3n) is 5.13. The number of aliphatic hydroxyl groups excluding tert-OH is 1. The summed E-state index contributed by atoms with van der Waals surface area (Å²) in [5, 5.41) is 9.13. The predicted octanol–water partition coefficient (Wildman–Crippen LogP) is 2.20. The highest BCUT2D eigenvalue weighted by molar-refractivity contribution is 7.89. The zero-order valence-electron chi connectivity index (χ0n) is 15.0. The minimum atomic E-state index is -3.54. The fourth-order valence-corrected chi connectivity index (χ4v) is 5.18. The first-order valence-electron chi connectivity index (χ1n) is 9.15. The van der Waals surface area contributed by atoms with E-state index in [1.54, 1.807) is 22.5 Å². The number of rotatable bonds is 5. The summed E-state index contributed by atoms with van der Waals surface area (Å²) in [6.45, 7) is 1.98. The van der Waals surface area contributed by atoms with Gasteiger partial charge in [-0.05, 0) is 42.0 Å². The molecule has 6 nitrogen and oxygen atoms in total. The van der Waals surface area contributed by atoms with Crippen LogP contribution in [-0.2, 0) is 23.1 Å². The van der Waals surface area contributed by atoms with Crippen molar-refractivity contribution in [3.63, 3.8) is 0 Å². The smallest absolute Gasteiger partial charge is 0.243 e. The Morgan fingerprint density at radius 1 is 1.00 bits per heavy atom. The topological polar surface area (TPSA) is 76.1 Å². The summed E-state index contributed by atoms with van der Waals surface area (Å²) in [5.41, 5.74) is 2.05. The summed E-state index contributed by atoms with van der Waals surface area (Å²) < 4.78 is 38.6. The molecule has 1 fully saturated rings. The second-order valence-corrected chi connectivity index (χ2v) is 8.94. The van der Waals surface area contributed by atoms with Crippen molar-refractivity contribution in [1.82, 2.24) is 4.31 Å². The number of ether oxygens (including phenoxy) is 2. The summed E-state index contributed by atoms with van der Waals surface area (Å²) in [4.78, 5) is 0.250. The summed E-state index contributed by atoms with van der Waals surface area (Å²) >= 11 is 0. The van der Waals surface area contributed by atoms with Crippen LogP contribution in [0.25, 0.3) is 0 Å². The molecule has 2 aliphatic rings. The van der Waals surface area contributed by atoms with Crippen LogP contribution in [0, 0.1) is 5.92 Å². The van der Waals surface area contributed by atoms with Crippen molar-refractivity contribution in [2.24, 2.45) is 5.92 Å². The average Bonchev–Trinajstić information content (AvgIpc) is 3.17. The zero-order chi connectivity index (χ0) is 18.9. The summed E-state index contributed by atoms with van der Waals surface area (Å²) in [5.74, 6) is 1.37. The lowest BCUT2D eigenvalue weighted by atomic mass is 9.98. The molecule has 2 aliphatic heterocycles. The summed E-state index contributed by atoms with van der Waals surface area (Å²) in [6, 6.07) is 12.6. The van der Waals surface area contributed by atoms with Crippen LogP contribution in [0.5, 0.6) is 11.5 Å². The number of benzene rings is 2. The first-order chi connectivity index (χ1) is 13.1. The predicted molar refractivity (Wildman–Crippen MR) is 100 cm³/mol. The van der Waals surface area contributed by atoms with Gasteiger partial charge in [0.15, 0.2) is 11.5 Å². The molecule has 1 N–H and O–H groups in total. The van der Waals surface area contributed by atoms with Gasteiger partial charge in [-0.3, -0.25) is 0 Å². The first kappa shape index (κ1) is 18.3. The number of sulfonamides is 1. The van der Waals surface area contributed by atoms with Crippen LogP contribution in [0.15, 0.2) is 47.4 Å². The van der Waals surface area contributed by atoms with Crippen molar-refractivity contribution in [2.75, 3.05) is 26.3 Å². The normalized spacial score (nSPS) is 20.0. The van der Waals surface area contributed by atoms with Crippen LogP contribution in [0.2, 0.25) is 0 Å².